The molecule has 0 spiro atoms. The summed E-state index contributed by atoms with van der Waals surface area (Å²) in [5, 5.41) is 15.8. The average Bonchev–Trinajstić information content (AvgIpc) is 3.69. The van der Waals surface area contributed by atoms with Gasteiger partial charge in [0.2, 0.25) is 6.10 Å². The van der Waals surface area contributed by atoms with E-state index < -0.39 is 23.6 Å². The van der Waals surface area contributed by atoms with Gasteiger partial charge in [-0.2, -0.15) is 0 Å². The molecule has 0 saturated carbocycles. The molecule has 2 heterocycles. The highest BCUT2D eigenvalue weighted by Crippen LogP contribution is 2.29. The number of oxime groups is 1. The third kappa shape index (κ3) is 10.0. The number of nitrogens with zero attached hydrogens (tertiary/aromatic N) is 2. The Morgan fingerprint density at radius 1 is 0.913 bits per heavy atom. The molecule has 0 fully saturated rings. The van der Waals surface area contributed by atoms with Crippen LogP contribution in [0.2, 0.25) is 0 Å². The van der Waals surface area contributed by atoms with E-state index in [2.05, 4.69) is 22.4 Å². The van der Waals surface area contributed by atoms with E-state index in [1.165, 1.54) is 38.5 Å². The van der Waals surface area contributed by atoms with Gasteiger partial charge in [0.25, 0.3) is 5.91 Å². The maximum atomic E-state index is 12.7. The van der Waals surface area contributed by atoms with Gasteiger partial charge in [-0.1, -0.05) is 93.4 Å². The second-order valence-electron chi connectivity index (χ2n) is 12.7. The van der Waals surface area contributed by atoms with Crippen molar-refractivity contribution < 1.29 is 29.1 Å². The zero-order valence-corrected chi connectivity index (χ0v) is 27.4. The first-order chi connectivity index (χ1) is 22.0. The van der Waals surface area contributed by atoms with Crippen molar-refractivity contribution in [2.24, 2.45) is 5.16 Å². The maximum Gasteiger partial charge on any atom is 0.348 e. The van der Waals surface area contributed by atoms with Crippen LogP contribution in [-0.4, -0.2) is 56.9 Å². The first-order valence-electron chi connectivity index (χ1n) is 16.3. The van der Waals surface area contributed by atoms with E-state index in [1.54, 1.807) is 32.9 Å². The largest absolute Gasteiger partial charge is 0.478 e. The average molecular weight is 631 g/mol. The Labute approximate surface area is 271 Å². The highest BCUT2D eigenvalue weighted by molar-refractivity contribution is 6.03. The van der Waals surface area contributed by atoms with Crippen molar-refractivity contribution in [2.75, 3.05) is 6.54 Å². The number of aryl methyl sites for hydroxylation is 1. The molecule has 1 aromatic heterocycles. The van der Waals surface area contributed by atoms with Gasteiger partial charge in [-0.15, -0.1) is 0 Å². The number of hydrogen-bond donors (Lipinski definition) is 3. The number of carboxylic acid groups (broad SMARTS) is 1. The zero-order valence-electron chi connectivity index (χ0n) is 27.4. The Morgan fingerprint density at radius 2 is 1.52 bits per heavy atom. The SMILES string of the molecule is CCCCCCCCCCc1[nH]c(-c2ccc(C3=NOC(C(=O)O)C3)cc2)nc1-c1ccc(C(=O)NCC(=O)OC(C)(C)C)cc1. The predicted octanol–water partition coefficient (Wildman–Crippen LogP) is 7.08. The van der Waals surface area contributed by atoms with Crippen molar-refractivity contribution in [3.63, 3.8) is 0 Å². The highest BCUT2D eigenvalue weighted by Gasteiger charge is 2.28. The van der Waals surface area contributed by atoms with E-state index in [1.807, 2.05) is 36.4 Å². The van der Waals surface area contributed by atoms with Crippen molar-refractivity contribution >= 4 is 23.6 Å². The molecule has 0 aliphatic carbocycles. The normalized spacial score (nSPS) is 14.4. The molecule has 46 heavy (non-hydrogen) atoms. The summed E-state index contributed by atoms with van der Waals surface area (Å²) in [6.45, 7) is 7.37. The molecule has 1 atom stereocenters. The first-order valence-corrected chi connectivity index (χ1v) is 16.3. The molecule has 0 radical (unpaired) electrons. The number of carbonyl (C=O) groups is 3. The summed E-state index contributed by atoms with van der Waals surface area (Å²) in [5.41, 5.74) is 4.86. The third-order valence-corrected chi connectivity index (χ3v) is 7.73. The summed E-state index contributed by atoms with van der Waals surface area (Å²) < 4.78 is 5.27. The van der Waals surface area contributed by atoms with Crippen LogP contribution in [0.15, 0.2) is 53.7 Å². The van der Waals surface area contributed by atoms with Crippen LogP contribution in [0.3, 0.4) is 0 Å². The van der Waals surface area contributed by atoms with E-state index >= 15 is 0 Å². The van der Waals surface area contributed by atoms with Gasteiger partial charge in [-0.3, -0.25) is 9.59 Å². The first kappa shape index (κ1) is 34.4. The Bertz CT molecular complexity index is 1500. The van der Waals surface area contributed by atoms with E-state index in [0.717, 1.165) is 53.2 Å². The van der Waals surface area contributed by atoms with Crippen LogP contribution in [0.25, 0.3) is 22.6 Å². The van der Waals surface area contributed by atoms with Gasteiger partial charge >= 0.3 is 11.9 Å². The molecular weight excluding hydrogens is 584 g/mol. The minimum Gasteiger partial charge on any atom is -0.478 e. The number of esters is 1. The number of aliphatic carboxylic acids is 1. The van der Waals surface area contributed by atoms with Crippen LogP contribution in [0.5, 0.6) is 0 Å². The van der Waals surface area contributed by atoms with Gasteiger partial charge in [0.15, 0.2) is 0 Å². The van der Waals surface area contributed by atoms with Crippen molar-refractivity contribution in [2.45, 2.75) is 104 Å². The van der Waals surface area contributed by atoms with E-state index in [0.29, 0.717) is 11.3 Å². The van der Waals surface area contributed by atoms with Gasteiger partial charge in [0.05, 0.1) is 11.4 Å². The summed E-state index contributed by atoms with van der Waals surface area (Å²) in [5.74, 6) is -1.15. The van der Waals surface area contributed by atoms with Crippen LogP contribution >= 0.6 is 0 Å². The summed E-state index contributed by atoms with van der Waals surface area (Å²) in [6, 6.07) is 14.9. The number of unbranched alkanes of at least 4 members (excludes halogenated alkanes) is 7. The fourth-order valence-corrected chi connectivity index (χ4v) is 5.31. The molecule has 1 aliphatic heterocycles. The van der Waals surface area contributed by atoms with Crippen molar-refractivity contribution in [1.29, 1.82) is 0 Å². The summed E-state index contributed by atoms with van der Waals surface area (Å²) in [4.78, 5) is 49.5. The summed E-state index contributed by atoms with van der Waals surface area (Å²) >= 11 is 0. The van der Waals surface area contributed by atoms with Crippen LogP contribution in [0.1, 0.15) is 107 Å². The molecule has 4 rings (SSSR count). The topological polar surface area (TPSA) is 143 Å². The number of nitrogens with one attached hydrogen (secondary N) is 2. The second kappa shape index (κ2) is 16.2. The van der Waals surface area contributed by atoms with Crippen LogP contribution in [0, 0.1) is 0 Å². The van der Waals surface area contributed by atoms with E-state index in [-0.39, 0.29) is 18.9 Å². The fraction of sp³-hybridized carbons (Fsp3) is 0.472. The molecule has 0 saturated heterocycles. The van der Waals surface area contributed by atoms with Gasteiger partial charge in [0, 0.05) is 28.8 Å². The predicted molar refractivity (Wildman–Crippen MR) is 178 cm³/mol. The number of H-pyrrole nitrogens is 1. The molecule has 10 nitrogen and oxygen atoms in total. The molecule has 0 bridgehead atoms. The van der Waals surface area contributed by atoms with Crippen molar-refractivity contribution in [1.82, 2.24) is 15.3 Å². The zero-order chi connectivity index (χ0) is 33.1. The van der Waals surface area contributed by atoms with Gasteiger partial charge in [0.1, 0.15) is 18.0 Å². The Hall–Kier alpha value is -4.47. The number of aromatic nitrogens is 2. The molecule has 10 heteroatoms. The number of ether oxygens (including phenoxy) is 1. The molecule has 2 aromatic carbocycles. The summed E-state index contributed by atoms with van der Waals surface area (Å²) in [7, 11) is 0. The van der Waals surface area contributed by atoms with Gasteiger partial charge in [-0.25, -0.2) is 9.78 Å². The lowest BCUT2D eigenvalue weighted by molar-refractivity contribution is -0.153. The van der Waals surface area contributed by atoms with Crippen LogP contribution in [0.4, 0.5) is 0 Å². The fourth-order valence-electron chi connectivity index (χ4n) is 5.31. The van der Waals surface area contributed by atoms with Gasteiger partial charge < -0.3 is 25.0 Å². The number of benzene rings is 2. The number of imidazole rings is 1. The lowest BCUT2D eigenvalue weighted by atomic mass is 10.0. The third-order valence-electron chi connectivity index (χ3n) is 7.73. The lowest BCUT2D eigenvalue weighted by Gasteiger charge is -2.19. The van der Waals surface area contributed by atoms with Crippen LogP contribution < -0.4 is 5.32 Å². The highest BCUT2D eigenvalue weighted by atomic mass is 16.7. The van der Waals surface area contributed by atoms with Gasteiger partial charge in [-0.05, 0) is 51.3 Å². The molecule has 246 valence electrons. The number of amides is 1. The molecule has 3 N–H and O–H groups in total. The monoisotopic (exact) mass is 630 g/mol. The minimum absolute atomic E-state index is 0.206. The standard InChI is InChI=1S/C36H46N4O6/c1-5-6-7-8-9-10-11-12-13-28-32(25-16-20-27(21-17-25)34(42)37-23-31(41)45-36(2,3)4)39-33(38-28)26-18-14-24(15-19-26)29-22-30(35(43)44)46-40-29/h14-21,30H,5-13,22-23H2,1-4H3,(H,37,42)(H,38,39)(H,43,44). The van der Waals surface area contributed by atoms with Crippen LogP contribution in [-0.2, 0) is 25.6 Å². The lowest BCUT2D eigenvalue weighted by Crippen LogP contribution is -2.34. The Kier molecular flexibility index (Phi) is 12.1. The molecule has 1 aliphatic rings. The summed E-state index contributed by atoms with van der Waals surface area (Å²) in [6.07, 6.45) is 9.91. The number of rotatable bonds is 16. The molecule has 3 aromatic rings. The quantitative estimate of drug-likeness (QED) is 0.113. The molecule has 1 amide bonds. The van der Waals surface area contributed by atoms with Crippen molar-refractivity contribution in [3.05, 3.63) is 65.4 Å². The van der Waals surface area contributed by atoms with E-state index in [4.69, 9.17) is 14.6 Å². The van der Waals surface area contributed by atoms with E-state index in [9.17, 15) is 19.5 Å². The Balaban J connectivity index is 1.47. The number of carboxylic acids is 1. The number of aromatic amines is 1. The second-order valence-corrected chi connectivity index (χ2v) is 12.7. The molecule has 1 unspecified atom stereocenters. The minimum atomic E-state index is -1.03. The number of carbonyl (C=O) groups excluding carboxylic acids is 2. The van der Waals surface area contributed by atoms with Crippen molar-refractivity contribution in [3.8, 4) is 22.6 Å². The Morgan fingerprint density at radius 3 is 2.13 bits per heavy atom. The maximum absolute atomic E-state index is 12.7. The smallest absolute Gasteiger partial charge is 0.348 e. The number of hydrogen-bond acceptors (Lipinski definition) is 7. The molecular formula is C36H46N4O6.